The van der Waals surface area contributed by atoms with Crippen molar-refractivity contribution in [3.8, 4) is 0 Å². The average molecular weight is 222 g/mol. The van der Waals surface area contributed by atoms with Crippen molar-refractivity contribution in [1.82, 2.24) is 5.32 Å². The Morgan fingerprint density at radius 3 is 2.33 bits per heavy atom. The molecule has 0 aromatic rings. The summed E-state index contributed by atoms with van der Waals surface area (Å²) in [5, 5.41) is 16.9. The summed E-state index contributed by atoms with van der Waals surface area (Å²) in [6.45, 7) is 2.95. The third kappa shape index (κ3) is 3.84. The molecule has 0 radical (unpaired) electrons. The number of rotatable bonds is 5. The summed E-state index contributed by atoms with van der Waals surface area (Å²) in [7, 11) is 0. The lowest BCUT2D eigenvalue weighted by molar-refractivity contribution is -0.133. The van der Waals surface area contributed by atoms with Gasteiger partial charge in [-0.25, -0.2) is 4.79 Å². The minimum absolute atomic E-state index is 0.140. The summed E-state index contributed by atoms with van der Waals surface area (Å²) in [5.41, 5.74) is -2.59. The topological polar surface area (TPSA) is 73.2 Å². The molecule has 0 aliphatic heterocycles. The fourth-order valence-electron chi connectivity index (χ4n) is 0.763. The van der Waals surface area contributed by atoms with Gasteiger partial charge in [-0.05, 0) is 0 Å². The van der Waals surface area contributed by atoms with Gasteiger partial charge in [0.05, 0.1) is 0 Å². The minimum atomic E-state index is -4.84. The van der Waals surface area contributed by atoms with E-state index < -0.39 is 23.4 Å². The lowest BCUT2D eigenvalue weighted by Crippen LogP contribution is -2.30. The van der Waals surface area contributed by atoms with Crippen LogP contribution in [0.4, 0.5) is 13.2 Å². The third-order valence-electron chi connectivity index (χ3n) is 1.35. The zero-order valence-electron chi connectivity index (χ0n) is 7.56. The van der Waals surface area contributed by atoms with E-state index in [9.17, 15) is 18.0 Å². The molecule has 0 bridgehead atoms. The number of halogens is 3. The first-order chi connectivity index (χ1) is 6.84. The second-order valence-corrected chi connectivity index (χ2v) is 2.41. The number of carboxylic acid groups (broad SMARTS) is 1. The first-order valence-corrected chi connectivity index (χ1v) is 3.74. The van der Waals surface area contributed by atoms with Crippen molar-refractivity contribution < 1.29 is 23.1 Å². The average Bonchev–Trinajstić information content (AvgIpc) is 2.09. The van der Waals surface area contributed by atoms with Gasteiger partial charge in [0.2, 0.25) is 0 Å². The summed E-state index contributed by atoms with van der Waals surface area (Å²) < 4.78 is 37.0. The maximum Gasteiger partial charge on any atom is 0.431 e. The Morgan fingerprint density at radius 1 is 1.53 bits per heavy atom. The molecule has 0 aliphatic carbocycles. The Bertz CT molecular complexity index is 307. The van der Waals surface area contributed by atoms with Crippen LogP contribution in [0.15, 0.2) is 23.9 Å². The largest absolute Gasteiger partial charge is 0.478 e. The molecule has 0 aromatic heterocycles. The highest BCUT2D eigenvalue weighted by atomic mass is 19.4. The van der Waals surface area contributed by atoms with Crippen molar-refractivity contribution >= 4 is 12.2 Å². The van der Waals surface area contributed by atoms with Gasteiger partial charge in [-0.15, -0.1) is 6.58 Å². The Labute approximate surface area is 83.6 Å². The van der Waals surface area contributed by atoms with Crippen LogP contribution in [-0.2, 0) is 4.79 Å². The number of aliphatic carboxylic acids is 1. The molecule has 0 rings (SSSR count). The van der Waals surface area contributed by atoms with E-state index in [1.165, 1.54) is 0 Å². The lowest BCUT2D eigenvalue weighted by atomic mass is 10.2. The van der Waals surface area contributed by atoms with Crippen LogP contribution in [0, 0.1) is 5.41 Å². The minimum Gasteiger partial charge on any atom is -0.478 e. The second-order valence-electron chi connectivity index (χ2n) is 2.41. The molecule has 0 unspecified atom stereocenters. The van der Waals surface area contributed by atoms with Gasteiger partial charge in [0, 0.05) is 12.8 Å². The number of carboxylic acids is 1. The molecule has 0 aromatic carbocycles. The highest BCUT2D eigenvalue weighted by Gasteiger charge is 2.37. The zero-order chi connectivity index (χ0) is 12.1. The Morgan fingerprint density at radius 2 is 2.07 bits per heavy atom. The number of carbonyl (C=O) groups is 1. The van der Waals surface area contributed by atoms with E-state index in [4.69, 9.17) is 10.5 Å². The molecular weight excluding hydrogens is 213 g/mol. The van der Waals surface area contributed by atoms with E-state index in [0.717, 1.165) is 6.08 Å². The molecule has 0 heterocycles. The maximum absolute atomic E-state index is 12.3. The van der Waals surface area contributed by atoms with Gasteiger partial charge in [0.25, 0.3) is 0 Å². The molecule has 15 heavy (non-hydrogen) atoms. The fourth-order valence-corrected chi connectivity index (χ4v) is 0.763. The summed E-state index contributed by atoms with van der Waals surface area (Å²) in [5.74, 6) is -1.81. The van der Waals surface area contributed by atoms with Crippen LogP contribution in [-0.4, -0.2) is 30.0 Å². The fraction of sp³-hybridized carbons (Fsp3) is 0.250. The van der Waals surface area contributed by atoms with Crippen LogP contribution in [0.2, 0.25) is 0 Å². The van der Waals surface area contributed by atoms with E-state index in [1.54, 1.807) is 0 Å². The quantitative estimate of drug-likeness (QED) is 0.373. The van der Waals surface area contributed by atoms with E-state index in [-0.39, 0.29) is 12.8 Å². The zero-order valence-corrected chi connectivity index (χ0v) is 7.56. The molecule has 7 heteroatoms. The van der Waals surface area contributed by atoms with Gasteiger partial charge in [-0.2, -0.15) is 13.2 Å². The molecule has 0 saturated carbocycles. The molecule has 84 valence electrons. The summed E-state index contributed by atoms with van der Waals surface area (Å²) in [6.07, 6.45) is -3.55. The first-order valence-electron chi connectivity index (χ1n) is 3.74. The van der Waals surface area contributed by atoms with Gasteiger partial charge >= 0.3 is 12.1 Å². The van der Waals surface area contributed by atoms with Crippen molar-refractivity contribution in [1.29, 1.82) is 5.41 Å². The summed E-state index contributed by atoms with van der Waals surface area (Å²) in [6, 6.07) is 0. The van der Waals surface area contributed by atoms with Crippen molar-refractivity contribution in [2.45, 2.75) is 6.18 Å². The predicted octanol–water partition coefficient (Wildman–Crippen LogP) is 1.31. The molecule has 0 fully saturated rings. The molecule has 0 amide bonds. The van der Waals surface area contributed by atoms with Gasteiger partial charge in [0.1, 0.15) is 11.3 Å². The van der Waals surface area contributed by atoms with Crippen LogP contribution in [0.1, 0.15) is 0 Å². The van der Waals surface area contributed by atoms with Crippen LogP contribution in [0.25, 0.3) is 0 Å². The van der Waals surface area contributed by atoms with E-state index >= 15 is 0 Å². The van der Waals surface area contributed by atoms with Crippen LogP contribution >= 0.6 is 0 Å². The molecule has 0 saturated heterocycles. The molecule has 0 spiro atoms. The van der Waals surface area contributed by atoms with Gasteiger partial charge in [-0.3, -0.25) is 0 Å². The lowest BCUT2D eigenvalue weighted by Gasteiger charge is -2.14. The molecule has 4 nitrogen and oxygen atoms in total. The van der Waals surface area contributed by atoms with Crippen molar-refractivity contribution in [3.63, 3.8) is 0 Å². The Hall–Kier alpha value is -1.79. The van der Waals surface area contributed by atoms with Gasteiger partial charge in [0.15, 0.2) is 0 Å². The second kappa shape index (κ2) is 5.18. The van der Waals surface area contributed by atoms with Crippen LogP contribution in [0.5, 0.6) is 0 Å². The van der Waals surface area contributed by atoms with Crippen LogP contribution in [0.3, 0.4) is 0 Å². The molecular formula is C8H9F3N2O2. The molecule has 0 aliphatic rings. The van der Waals surface area contributed by atoms with Crippen molar-refractivity contribution in [2.75, 3.05) is 6.54 Å². The SMILES string of the molecule is C=CCN/C(=C(\C=N)C(=O)O)C(F)(F)F. The molecule has 0 atom stereocenters. The van der Waals surface area contributed by atoms with Gasteiger partial charge in [-0.1, -0.05) is 6.08 Å². The summed E-state index contributed by atoms with van der Waals surface area (Å²) in [4.78, 5) is 10.4. The number of allylic oxidation sites excluding steroid dienone is 1. The molecule has 3 N–H and O–H groups in total. The van der Waals surface area contributed by atoms with Crippen LogP contribution < -0.4 is 5.32 Å². The number of hydrogen-bond acceptors (Lipinski definition) is 3. The van der Waals surface area contributed by atoms with Gasteiger partial charge < -0.3 is 15.8 Å². The Kier molecular flexibility index (Phi) is 4.56. The smallest absolute Gasteiger partial charge is 0.431 e. The predicted molar refractivity (Wildman–Crippen MR) is 47.7 cm³/mol. The number of alkyl halides is 3. The standard InChI is InChI=1S/C8H9F3N2O2/c1-2-3-13-6(8(9,10)11)5(4-12)7(14)15/h2,4,12-13H,1,3H2,(H,14,15)/b6-5+,12-4?. The van der Waals surface area contributed by atoms with Crippen molar-refractivity contribution in [3.05, 3.63) is 23.9 Å². The van der Waals surface area contributed by atoms with E-state index in [1.807, 2.05) is 5.32 Å². The Balaban J connectivity index is 5.30. The van der Waals surface area contributed by atoms with Crippen molar-refractivity contribution in [2.24, 2.45) is 0 Å². The summed E-state index contributed by atoms with van der Waals surface area (Å²) >= 11 is 0. The highest BCUT2D eigenvalue weighted by molar-refractivity contribution is 6.08. The number of nitrogens with one attached hydrogen (secondary N) is 2. The number of hydrogen-bond donors (Lipinski definition) is 3. The highest BCUT2D eigenvalue weighted by Crippen LogP contribution is 2.25. The first kappa shape index (κ1) is 13.2. The third-order valence-corrected chi connectivity index (χ3v) is 1.35. The monoisotopic (exact) mass is 222 g/mol. The van der Waals surface area contributed by atoms with E-state index in [0.29, 0.717) is 0 Å². The normalized spacial score (nSPS) is 12.7. The maximum atomic E-state index is 12.3. The van der Waals surface area contributed by atoms with E-state index in [2.05, 4.69) is 6.58 Å².